The third kappa shape index (κ3) is 3.57. The Balaban J connectivity index is 1.71. The van der Waals surface area contributed by atoms with E-state index in [0.29, 0.717) is 11.7 Å². The molecular weight excluding hydrogens is 335 g/mol. The molecule has 122 valence electrons. The minimum absolute atomic E-state index is 0.123. The molecule has 2 heterocycles. The van der Waals surface area contributed by atoms with E-state index in [-0.39, 0.29) is 17.0 Å². The Kier molecular flexibility index (Phi) is 4.99. The van der Waals surface area contributed by atoms with Gasteiger partial charge in [0, 0.05) is 10.9 Å². The van der Waals surface area contributed by atoms with E-state index in [9.17, 15) is 9.18 Å². The summed E-state index contributed by atoms with van der Waals surface area (Å²) in [4.78, 5) is 16.1. The molecule has 1 N–H and O–H groups in total. The van der Waals surface area contributed by atoms with Crippen LogP contribution in [0, 0.1) is 5.82 Å². The molecular formula is C17H18ClFN2OS. The maximum atomic E-state index is 13.1. The fourth-order valence-corrected chi connectivity index (χ4v) is 4.11. The summed E-state index contributed by atoms with van der Waals surface area (Å²) >= 11 is 7.71. The number of amides is 1. The highest BCUT2D eigenvalue weighted by molar-refractivity contribution is 7.10. The van der Waals surface area contributed by atoms with E-state index in [0.717, 1.165) is 19.4 Å². The van der Waals surface area contributed by atoms with Gasteiger partial charge < -0.3 is 5.32 Å². The SMILES string of the molecule is C[C@@H](C(=O)Nc1ccc(F)cc1Cl)N1CCC[C@@H]1c1cccs1. The van der Waals surface area contributed by atoms with Gasteiger partial charge in [-0.2, -0.15) is 0 Å². The van der Waals surface area contributed by atoms with E-state index < -0.39 is 5.82 Å². The van der Waals surface area contributed by atoms with Crippen LogP contribution in [0.1, 0.15) is 30.7 Å². The number of carbonyl (C=O) groups excluding carboxylic acids is 1. The van der Waals surface area contributed by atoms with Gasteiger partial charge in [0.15, 0.2) is 0 Å². The van der Waals surface area contributed by atoms with Crippen molar-refractivity contribution in [2.45, 2.75) is 31.8 Å². The summed E-state index contributed by atoms with van der Waals surface area (Å²) in [6.45, 7) is 2.80. The summed E-state index contributed by atoms with van der Waals surface area (Å²) in [6.07, 6.45) is 2.15. The highest BCUT2D eigenvalue weighted by Crippen LogP contribution is 2.36. The van der Waals surface area contributed by atoms with Crippen LogP contribution in [0.2, 0.25) is 5.02 Å². The van der Waals surface area contributed by atoms with Crippen molar-refractivity contribution in [2.24, 2.45) is 0 Å². The van der Waals surface area contributed by atoms with E-state index in [1.54, 1.807) is 11.3 Å². The van der Waals surface area contributed by atoms with Crippen LogP contribution < -0.4 is 5.32 Å². The van der Waals surface area contributed by atoms with Crippen molar-refractivity contribution in [3.05, 3.63) is 51.4 Å². The third-order valence-electron chi connectivity index (χ3n) is 4.23. The molecule has 2 atom stereocenters. The molecule has 1 aliphatic rings. The second kappa shape index (κ2) is 6.99. The average Bonchev–Trinajstić information content (AvgIpc) is 3.19. The lowest BCUT2D eigenvalue weighted by Crippen LogP contribution is -2.41. The topological polar surface area (TPSA) is 32.3 Å². The molecule has 0 unspecified atom stereocenters. The Hall–Kier alpha value is -1.43. The summed E-state index contributed by atoms with van der Waals surface area (Å²) in [6, 6.07) is 8.16. The third-order valence-corrected chi connectivity index (χ3v) is 5.52. The zero-order valence-corrected chi connectivity index (χ0v) is 14.3. The Bertz CT molecular complexity index is 692. The predicted octanol–water partition coefficient (Wildman–Crippen LogP) is 4.70. The summed E-state index contributed by atoms with van der Waals surface area (Å²) in [5, 5.41) is 5.08. The zero-order valence-electron chi connectivity index (χ0n) is 12.8. The van der Waals surface area contributed by atoms with E-state index in [1.165, 1.54) is 23.1 Å². The molecule has 1 aliphatic heterocycles. The Morgan fingerprint density at radius 2 is 2.30 bits per heavy atom. The largest absolute Gasteiger partial charge is 0.323 e. The summed E-state index contributed by atoms with van der Waals surface area (Å²) in [5.41, 5.74) is 0.441. The number of nitrogens with zero attached hydrogens (tertiary/aromatic N) is 1. The number of hydrogen-bond donors (Lipinski definition) is 1. The molecule has 0 bridgehead atoms. The van der Waals surface area contributed by atoms with Crippen molar-refractivity contribution < 1.29 is 9.18 Å². The van der Waals surface area contributed by atoms with Crippen LogP contribution in [0.5, 0.6) is 0 Å². The summed E-state index contributed by atoms with van der Waals surface area (Å²) < 4.78 is 13.1. The molecule has 3 nitrogen and oxygen atoms in total. The van der Waals surface area contributed by atoms with Crippen LogP contribution in [0.3, 0.4) is 0 Å². The van der Waals surface area contributed by atoms with Gasteiger partial charge in [0.05, 0.1) is 16.8 Å². The van der Waals surface area contributed by atoms with Crippen molar-refractivity contribution in [2.75, 3.05) is 11.9 Å². The highest BCUT2D eigenvalue weighted by Gasteiger charge is 2.33. The van der Waals surface area contributed by atoms with Gasteiger partial charge in [-0.3, -0.25) is 9.69 Å². The normalized spacial score (nSPS) is 19.7. The zero-order chi connectivity index (χ0) is 16.4. The summed E-state index contributed by atoms with van der Waals surface area (Å²) in [7, 11) is 0. The minimum Gasteiger partial charge on any atom is -0.323 e. The first-order valence-corrected chi connectivity index (χ1v) is 8.87. The molecule has 1 aromatic carbocycles. The second-order valence-corrected chi connectivity index (χ2v) is 7.09. The predicted molar refractivity (Wildman–Crippen MR) is 92.5 cm³/mol. The fraction of sp³-hybridized carbons (Fsp3) is 0.353. The molecule has 1 aromatic heterocycles. The molecule has 0 radical (unpaired) electrons. The van der Waals surface area contributed by atoms with E-state index in [4.69, 9.17) is 11.6 Å². The number of benzene rings is 1. The van der Waals surface area contributed by atoms with Crippen molar-refractivity contribution >= 4 is 34.5 Å². The van der Waals surface area contributed by atoms with Gasteiger partial charge in [-0.15, -0.1) is 11.3 Å². The van der Waals surface area contributed by atoms with Crippen LogP contribution in [0.25, 0.3) is 0 Å². The van der Waals surface area contributed by atoms with Gasteiger partial charge in [0.2, 0.25) is 5.91 Å². The molecule has 0 spiro atoms. The standard InChI is InChI=1S/C17H18ClFN2OS/c1-11(17(22)20-14-7-6-12(19)10-13(14)18)21-8-2-4-15(21)16-5-3-9-23-16/h3,5-7,9-11,15H,2,4,8H2,1H3,(H,20,22)/t11-,15+/m0/s1. The van der Waals surface area contributed by atoms with Gasteiger partial charge in [-0.05, 0) is 56.0 Å². The maximum absolute atomic E-state index is 13.1. The lowest BCUT2D eigenvalue weighted by Gasteiger charge is -2.29. The smallest absolute Gasteiger partial charge is 0.241 e. The number of thiophene rings is 1. The van der Waals surface area contributed by atoms with Crippen LogP contribution in [0.15, 0.2) is 35.7 Å². The Morgan fingerprint density at radius 3 is 3.00 bits per heavy atom. The number of nitrogens with one attached hydrogen (secondary N) is 1. The van der Waals surface area contributed by atoms with Crippen LogP contribution in [-0.2, 0) is 4.79 Å². The Labute approximate surface area is 144 Å². The molecule has 1 saturated heterocycles. The second-order valence-electron chi connectivity index (χ2n) is 5.70. The fourth-order valence-electron chi connectivity index (χ4n) is 3.02. The first-order valence-electron chi connectivity index (χ1n) is 7.61. The lowest BCUT2D eigenvalue weighted by molar-refractivity contribution is -0.121. The van der Waals surface area contributed by atoms with Crippen molar-refractivity contribution in [3.8, 4) is 0 Å². The number of rotatable bonds is 4. The molecule has 23 heavy (non-hydrogen) atoms. The number of anilines is 1. The number of likely N-dealkylation sites (tertiary alicyclic amines) is 1. The number of carbonyl (C=O) groups is 1. The summed E-state index contributed by atoms with van der Waals surface area (Å²) in [5.74, 6) is -0.541. The van der Waals surface area contributed by atoms with Crippen molar-refractivity contribution in [1.29, 1.82) is 0 Å². The highest BCUT2D eigenvalue weighted by atomic mass is 35.5. The van der Waals surface area contributed by atoms with Gasteiger partial charge in [-0.25, -0.2) is 4.39 Å². The van der Waals surface area contributed by atoms with E-state index in [2.05, 4.69) is 21.7 Å². The van der Waals surface area contributed by atoms with Crippen LogP contribution in [0.4, 0.5) is 10.1 Å². The van der Waals surface area contributed by atoms with Gasteiger partial charge >= 0.3 is 0 Å². The Morgan fingerprint density at radius 1 is 1.48 bits per heavy atom. The van der Waals surface area contributed by atoms with Crippen molar-refractivity contribution in [3.63, 3.8) is 0 Å². The number of hydrogen-bond acceptors (Lipinski definition) is 3. The lowest BCUT2D eigenvalue weighted by atomic mass is 10.1. The van der Waals surface area contributed by atoms with Gasteiger partial charge in [0.25, 0.3) is 0 Å². The van der Waals surface area contributed by atoms with E-state index >= 15 is 0 Å². The quantitative estimate of drug-likeness (QED) is 0.864. The van der Waals surface area contributed by atoms with Crippen molar-refractivity contribution in [1.82, 2.24) is 4.90 Å². The molecule has 2 aromatic rings. The van der Waals surface area contributed by atoms with Gasteiger partial charge in [-0.1, -0.05) is 17.7 Å². The minimum atomic E-state index is -0.418. The molecule has 1 fully saturated rings. The van der Waals surface area contributed by atoms with Gasteiger partial charge in [0.1, 0.15) is 5.82 Å². The first kappa shape index (κ1) is 16.4. The molecule has 1 amide bonds. The maximum Gasteiger partial charge on any atom is 0.241 e. The molecule has 0 saturated carbocycles. The van der Waals surface area contributed by atoms with E-state index in [1.807, 2.05) is 13.0 Å². The molecule has 3 rings (SSSR count). The van der Waals surface area contributed by atoms with Crippen LogP contribution in [-0.4, -0.2) is 23.4 Å². The average molecular weight is 353 g/mol. The number of halogens is 2. The molecule has 0 aliphatic carbocycles. The monoisotopic (exact) mass is 352 g/mol. The molecule has 6 heteroatoms. The van der Waals surface area contributed by atoms with Crippen LogP contribution >= 0.6 is 22.9 Å². The first-order chi connectivity index (χ1) is 11.1.